The maximum absolute atomic E-state index is 12.7. The van der Waals surface area contributed by atoms with Crippen LogP contribution in [0.25, 0.3) is 0 Å². The summed E-state index contributed by atoms with van der Waals surface area (Å²) >= 11 is 0. The molecule has 0 aliphatic carbocycles. The van der Waals surface area contributed by atoms with Gasteiger partial charge in [-0.1, -0.05) is 48.5 Å². The number of benzene rings is 2. The fraction of sp³-hybridized carbons (Fsp3) is 0.0526. The zero-order valence-corrected chi connectivity index (χ0v) is 12.3. The molecular weight excluding hydrogens is 290 g/mol. The summed E-state index contributed by atoms with van der Waals surface area (Å²) < 4.78 is 1.31. The Morgan fingerprint density at radius 2 is 1.61 bits per heavy atom. The van der Waals surface area contributed by atoms with Gasteiger partial charge in [0.2, 0.25) is 0 Å². The molecule has 0 bridgehead atoms. The van der Waals surface area contributed by atoms with Crippen molar-refractivity contribution < 1.29 is 14.7 Å². The lowest BCUT2D eigenvalue weighted by Gasteiger charge is -2.09. The number of aromatic carboxylic acids is 1. The summed E-state index contributed by atoms with van der Waals surface area (Å²) in [7, 11) is 0. The Morgan fingerprint density at radius 3 is 2.30 bits per heavy atom. The van der Waals surface area contributed by atoms with E-state index < -0.39 is 5.97 Å². The van der Waals surface area contributed by atoms with Gasteiger partial charge in [-0.15, -0.1) is 0 Å². The lowest BCUT2D eigenvalue weighted by molar-refractivity contribution is 0.0697. The Labute approximate surface area is 133 Å². The fourth-order valence-corrected chi connectivity index (χ4v) is 2.49. The third-order valence-corrected chi connectivity index (χ3v) is 3.66. The number of hydrogen-bond donors (Lipinski definition) is 1. The highest BCUT2D eigenvalue weighted by atomic mass is 16.4. The SMILES string of the molecule is O=C(O)c1ccn(C(=O)c2ccccc2Cc2ccccc2)c1. The molecule has 1 aromatic heterocycles. The number of carboxylic acid groups (broad SMARTS) is 1. The summed E-state index contributed by atoms with van der Waals surface area (Å²) in [6.07, 6.45) is 3.46. The fourth-order valence-electron chi connectivity index (χ4n) is 2.49. The average Bonchev–Trinajstić information content (AvgIpc) is 3.06. The highest BCUT2D eigenvalue weighted by Gasteiger charge is 2.15. The lowest BCUT2D eigenvalue weighted by atomic mass is 9.99. The molecule has 23 heavy (non-hydrogen) atoms. The standard InChI is InChI=1S/C19H15NO3/c21-18(20-11-10-16(13-20)19(22)23)17-9-5-4-8-15(17)12-14-6-2-1-3-7-14/h1-11,13H,12H2,(H,22,23). The second-order valence-corrected chi connectivity index (χ2v) is 5.24. The van der Waals surface area contributed by atoms with Crippen LogP contribution in [0.3, 0.4) is 0 Å². The van der Waals surface area contributed by atoms with Gasteiger partial charge in [-0.05, 0) is 29.7 Å². The molecule has 0 radical (unpaired) electrons. The van der Waals surface area contributed by atoms with Gasteiger partial charge in [-0.25, -0.2) is 4.79 Å². The number of aromatic nitrogens is 1. The van der Waals surface area contributed by atoms with Crippen LogP contribution in [0.5, 0.6) is 0 Å². The van der Waals surface area contributed by atoms with Gasteiger partial charge in [0, 0.05) is 18.0 Å². The molecule has 0 atom stereocenters. The van der Waals surface area contributed by atoms with E-state index in [2.05, 4.69) is 0 Å². The third-order valence-electron chi connectivity index (χ3n) is 3.66. The summed E-state index contributed by atoms with van der Waals surface area (Å²) in [5.41, 5.74) is 2.70. The van der Waals surface area contributed by atoms with Crippen LogP contribution in [-0.2, 0) is 6.42 Å². The highest BCUT2D eigenvalue weighted by Crippen LogP contribution is 2.16. The summed E-state index contributed by atoms with van der Waals surface area (Å²) in [5, 5.41) is 8.98. The van der Waals surface area contributed by atoms with E-state index in [1.807, 2.05) is 48.5 Å². The average molecular weight is 305 g/mol. The summed E-state index contributed by atoms with van der Waals surface area (Å²) in [5.74, 6) is -1.28. The van der Waals surface area contributed by atoms with E-state index in [4.69, 9.17) is 5.11 Å². The summed E-state index contributed by atoms with van der Waals surface area (Å²) in [6.45, 7) is 0. The molecule has 1 heterocycles. The van der Waals surface area contributed by atoms with E-state index >= 15 is 0 Å². The van der Waals surface area contributed by atoms with Gasteiger partial charge < -0.3 is 5.11 Å². The number of rotatable bonds is 4. The number of hydrogen-bond acceptors (Lipinski definition) is 2. The second kappa shape index (κ2) is 6.32. The number of carbonyl (C=O) groups is 2. The number of carbonyl (C=O) groups excluding carboxylic acids is 1. The van der Waals surface area contributed by atoms with Gasteiger partial charge in [0.1, 0.15) is 0 Å². The lowest BCUT2D eigenvalue weighted by Crippen LogP contribution is -2.13. The normalized spacial score (nSPS) is 10.4. The molecule has 3 aromatic rings. The van der Waals surface area contributed by atoms with Crippen molar-refractivity contribution in [1.82, 2.24) is 4.57 Å². The molecule has 4 heteroatoms. The van der Waals surface area contributed by atoms with Crippen molar-refractivity contribution >= 4 is 11.9 Å². The van der Waals surface area contributed by atoms with Gasteiger partial charge in [-0.3, -0.25) is 9.36 Å². The first-order valence-corrected chi connectivity index (χ1v) is 7.23. The Morgan fingerprint density at radius 1 is 0.913 bits per heavy atom. The van der Waals surface area contributed by atoms with Gasteiger partial charge in [0.15, 0.2) is 0 Å². The smallest absolute Gasteiger partial charge is 0.337 e. The first-order chi connectivity index (χ1) is 11.1. The first kappa shape index (κ1) is 14.8. The van der Waals surface area contributed by atoms with Crippen molar-refractivity contribution in [3.05, 3.63) is 95.3 Å². The molecule has 1 N–H and O–H groups in total. The Bertz CT molecular complexity index is 850. The number of carboxylic acids is 1. The van der Waals surface area contributed by atoms with Crippen LogP contribution in [0.15, 0.2) is 73.1 Å². The largest absolute Gasteiger partial charge is 0.478 e. The molecule has 0 unspecified atom stereocenters. The Kier molecular flexibility index (Phi) is 4.06. The molecule has 0 aliphatic heterocycles. The minimum Gasteiger partial charge on any atom is -0.478 e. The molecule has 4 nitrogen and oxygen atoms in total. The zero-order chi connectivity index (χ0) is 16.2. The van der Waals surface area contributed by atoms with E-state index in [0.717, 1.165) is 11.1 Å². The van der Waals surface area contributed by atoms with Crippen LogP contribution >= 0.6 is 0 Å². The van der Waals surface area contributed by atoms with Crippen LogP contribution in [0.4, 0.5) is 0 Å². The molecular formula is C19H15NO3. The predicted octanol–water partition coefficient (Wildman–Crippen LogP) is 3.47. The number of nitrogens with zero attached hydrogens (tertiary/aromatic N) is 1. The minimum absolute atomic E-state index is 0.0962. The first-order valence-electron chi connectivity index (χ1n) is 7.23. The molecule has 0 amide bonds. The van der Waals surface area contributed by atoms with Crippen molar-refractivity contribution in [2.24, 2.45) is 0 Å². The van der Waals surface area contributed by atoms with Crippen LogP contribution < -0.4 is 0 Å². The Balaban J connectivity index is 1.93. The van der Waals surface area contributed by atoms with Gasteiger partial charge in [0.05, 0.1) is 5.56 Å². The molecule has 0 fully saturated rings. The molecule has 0 saturated heterocycles. The van der Waals surface area contributed by atoms with Crippen molar-refractivity contribution in [3.63, 3.8) is 0 Å². The monoisotopic (exact) mass is 305 g/mol. The topological polar surface area (TPSA) is 59.3 Å². The molecule has 0 spiro atoms. The maximum atomic E-state index is 12.7. The van der Waals surface area contributed by atoms with Crippen molar-refractivity contribution in [2.75, 3.05) is 0 Å². The molecule has 0 aliphatic rings. The molecule has 3 rings (SSSR count). The summed E-state index contributed by atoms with van der Waals surface area (Å²) in [6, 6.07) is 18.7. The van der Waals surface area contributed by atoms with Gasteiger partial charge in [0.25, 0.3) is 5.91 Å². The molecule has 0 saturated carbocycles. The van der Waals surface area contributed by atoms with Crippen LogP contribution in [-0.4, -0.2) is 21.6 Å². The predicted molar refractivity (Wildman–Crippen MR) is 86.8 cm³/mol. The zero-order valence-electron chi connectivity index (χ0n) is 12.3. The van der Waals surface area contributed by atoms with E-state index in [1.165, 1.54) is 23.0 Å². The van der Waals surface area contributed by atoms with E-state index in [1.54, 1.807) is 6.07 Å². The van der Waals surface area contributed by atoms with E-state index in [0.29, 0.717) is 12.0 Å². The van der Waals surface area contributed by atoms with Gasteiger partial charge >= 0.3 is 5.97 Å². The summed E-state index contributed by atoms with van der Waals surface area (Å²) in [4.78, 5) is 23.6. The molecule has 2 aromatic carbocycles. The van der Waals surface area contributed by atoms with Crippen LogP contribution in [0.2, 0.25) is 0 Å². The molecule has 114 valence electrons. The van der Waals surface area contributed by atoms with Crippen molar-refractivity contribution in [3.8, 4) is 0 Å². The second-order valence-electron chi connectivity index (χ2n) is 5.24. The van der Waals surface area contributed by atoms with Crippen LogP contribution in [0, 0.1) is 0 Å². The third kappa shape index (κ3) is 3.21. The van der Waals surface area contributed by atoms with E-state index in [9.17, 15) is 9.59 Å². The maximum Gasteiger partial charge on any atom is 0.337 e. The van der Waals surface area contributed by atoms with Crippen LogP contribution in [0.1, 0.15) is 31.8 Å². The van der Waals surface area contributed by atoms with Crippen molar-refractivity contribution in [2.45, 2.75) is 6.42 Å². The van der Waals surface area contributed by atoms with Crippen molar-refractivity contribution in [1.29, 1.82) is 0 Å². The highest BCUT2D eigenvalue weighted by molar-refractivity contribution is 5.98. The van der Waals surface area contributed by atoms with E-state index in [-0.39, 0.29) is 11.5 Å². The van der Waals surface area contributed by atoms with Gasteiger partial charge in [-0.2, -0.15) is 0 Å². The minimum atomic E-state index is -1.05. The Hall–Kier alpha value is -3.14. The quantitative estimate of drug-likeness (QED) is 0.803.